The lowest BCUT2D eigenvalue weighted by atomic mass is 10.1. The molecule has 0 spiro atoms. The quantitative estimate of drug-likeness (QED) is 0.739. The molecule has 3 heterocycles. The summed E-state index contributed by atoms with van der Waals surface area (Å²) >= 11 is 3.35. The van der Waals surface area contributed by atoms with Crippen molar-refractivity contribution in [1.29, 1.82) is 0 Å². The number of amides is 1. The average Bonchev–Trinajstić information content (AvgIpc) is 2.95. The van der Waals surface area contributed by atoms with E-state index in [1.54, 1.807) is 23.1 Å². The third kappa shape index (κ3) is 3.34. The molecule has 1 aliphatic heterocycles. The summed E-state index contributed by atoms with van der Waals surface area (Å²) in [5.41, 5.74) is 2.86. The molecule has 128 valence electrons. The smallest absolute Gasteiger partial charge is 0.259 e. The number of anilines is 1. The van der Waals surface area contributed by atoms with E-state index in [0.29, 0.717) is 11.2 Å². The number of aromatic nitrogens is 2. The van der Waals surface area contributed by atoms with Crippen LogP contribution in [0, 0.1) is 6.92 Å². The van der Waals surface area contributed by atoms with E-state index in [1.807, 2.05) is 31.2 Å². The number of nitrogens with one attached hydrogen (secondary N) is 2. The van der Waals surface area contributed by atoms with Crippen LogP contribution >= 0.6 is 23.1 Å². The van der Waals surface area contributed by atoms with E-state index >= 15 is 0 Å². The highest BCUT2D eigenvalue weighted by atomic mass is 32.2. The second-order valence-electron chi connectivity index (χ2n) is 6.10. The van der Waals surface area contributed by atoms with Crippen molar-refractivity contribution in [2.75, 3.05) is 11.1 Å². The molecule has 0 saturated carbocycles. The van der Waals surface area contributed by atoms with Crippen LogP contribution in [0.3, 0.4) is 0 Å². The van der Waals surface area contributed by atoms with Crippen molar-refractivity contribution in [3.63, 3.8) is 0 Å². The van der Waals surface area contributed by atoms with Crippen LogP contribution in [0.25, 0.3) is 10.2 Å². The second-order valence-corrected chi connectivity index (χ2v) is 8.47. The first-order valence-corrected chi connectivity index (χ1v) is 9.94. The molecule has 25 heavy (non-hydrogen) atoms. The number of thioether (sulfide) groups is 1. The summed E-state index contributed by atoms with van der Waals surface area (Å²) in [5, 5.41) is 3.54. The van der Waals surface area contributed by atoms with Gasteiger partial charge in [0.25, 0.3) is 5.56 Å². The summed E-state index contributed by atoms with van der Waals surface area (Å²) < 4.78 is 1.19. The number of thiophene rings is 1. The van der Waals surface area contributed by atoms with Crippen molar-refractivity contribution in [2.45, 2.75) is 30.4 Å². The average molecular weight is 371 g/mol. The number of carbonyl (C=O) groups excluding carboxylic acids is 1. The van der Waals surface area contributed by atoms with Gasteiger partial charge in [-0.2, -0.15) is 0 Å². The summed E-state index contributed by atoms with van der Waals surface area (Å²) in [6.07, 6.45) is 2.07. The van der Waals surface area contributed by atoms with Crippen molar-refractivity contribution >= 4 is 44.9 Å². The van der Waals surface area contributed by atoms with Gasteiger partial charge in [0.2, 0.25) is 5.91 Å². The molecule has 0 bridgehead atoms. The molecule has 4 rings (SSSR count). The largest absolute Gasteiger partial charge is 0.326 e. The van der Waals surface area contributed by atoms with Crippen LogP contribution in [0.5, 0.6) is 0 Å². The number of hydrogen-bond donors (Lipinski definition) is 2. The van der Waals surface area contributed by atoms with Gasteiger partial charge in [-0.25, -0.2) is 4.98 Å². The van der Waals surface area contributed by atoms with Gasteiger partial charge in [-0.1, -0.05) is 17.7 Å². The minimum absolute atomic E-state index is 0.0504. The van der Waals surface area contributed by atoms with Crippen molar-refractivity contribution in [1.82, 2.24) is 9.97 Å². The molecule has 0 aliphatic carbocycles. The predicted octanol–water partition coefficient (Wildman–Crippen LogP) is 3.51. The van der Waals surface area contributed by atoms with Crippen molar-refractivity contribution in [3.05, 3.63) is 51.6 Å². The fourth-order valence-electron chi connectivity index (χ4n) is 2.92. The van der Waals surface area contributed by atoms with Crippen molar-refractivity contribution < 1.29 is 4.79 Å². The first-order chi connectivity index (χ1) is 12.1. The van der Waals surface area contributed by atoms with E-state index in [9.17, 15) is 9.59 Å². The molecule has 1 amide bonds. The van der Waals surface area contributed by atoms with Gasteiger partial charge in [0.05, 0.1) is 16.0 Å². The molecule has 7 heteroatoms. The molecule has 3 aromatic rings. The lowest BCUT2D eigenvalue weighted by molar-refractivity contribution is -0.115. The molecule has 5 nitrogen and oxygen atoms in total. The first-order valence-electron chi connectivity index (χ1n) is 8.14. The Bertz CT molecular complexity index is 1010. The molecule has 1 aromatic carbocycles. The Morgan fingerprint density at radius 3 is 2.92 bits per heavy atom. The van der Waals surface area contributed by atoms with Crippen LogP contribution in [-0.2, 0) is 17.6 Å². The monoisotopic (exact) mass is 371 g/mol. The molecule has 0 unspecified atom stereocenters. The van der Waals surface area contributed by atoms with Crippen molar-refractivity contribution in [2.24, 2.45) is 0 Å². The highest BCUT2D eigenvalue weighted by molar-refractivity contribution is 8.01. The van der Waals surface area contributed by atoms with Crippen LogP contribution in [0.1, 0.15) is 23.4 Å². The first kappa shape index (κ1) is 16.4. The molecule has 0 saturated heterocycles. The summed E-state index contributed by atoms with van der Waals surface area (Å²) in [7, 11) is 0. The van der Waals surface area contributed by atoms with Crippen molar-refractivity contribution in [3.8, 4) is 0 Å². The highest BCUT2D eigenvalue weighted by Gasteiger charge is 2.20. The normalized spacial score (nSPS) is 13.6. The zero-order chi connectivity index (χ0) is 17.4. The summed E-state index contributed by atoms with van der Waals surface area (Å²) in [4.78, 5) is 32.8. The molecule has 2 aromatic heterocycles. The minimum Gasteiger partial charge on any atom is -0.326 e. The van der Waals surface area contributed by atoms with Crippen LogP contribution < -0.4 is 10.9 Å². The number of fused-ring (bicyclic) bond motifs is 3. The van der Waals surface area contributed by atoms with E-state index in [-0.39, 0.29) is 17.9 Å². The number of hydrogen-bond acceptors (Lipinski definition) is 5. The minimum atomic E-state index is -0.193. The number of rotatable bonds is 3. The topological polar surface area (TPSA) is 74.8 Å². The van der Waals surface area contributed by atoms with Gasteiger partial charge in [0, 0.05) is 5.69 Å². The molecule has 1 aliphatic rings. The van der Waals surface area contributed by atoms with E-state index < -0.39 is 0 Å². The number of nitrogens with zero attached hydrogens (tertiary/aromatic N) is 1. The van der Waals surface area contributed by atoms with Gasteiger partial charge >= 0.3 is 0 Å². The van der Waals surface area contributed by atoms with E-state index in [1.165, 1.54) is 4.21 Å². The lowest BCUT2D eigenvalue weighted by Gasteiger charge is -2.09. The molecular formula is C18H17N3O2S2. The number of carbonyl (C=O) groups is 1. The van der Waals surface area contributed by atoms with Gasteiger partial charge in [0.1, 0.15) is 10.7 Å². The van der Waals surface area contributed by atoms with E-state index in [0.717, 1.165) is 40.2 Å². The van der Waals surface area contributed by atoms with Gasteiger partial charge in [-0.3, -0.25) is 9.59 Å². The number of aryl methyl sites for hydroxylation is 2. The third-order valence-electron chi connectivity index (χ3n) is 4.14. The van der Waals surface area contributed by atoms with Crippen LogP contribution in [0.15, 0.2) is 33.3 Å². The SMILES string of the molecule is Cc1ccc(NC(=O)Cc2nc3sc4c(c3c(=O)[nH]2)CCCS4)cc1. The number of aromatic amines is 1. The Balaban J connectivity index is 1.58. The summed E-state index contributed by atoms with van der Waals surface area (Å²) in [5.74, 6) is 1.30. The van der Waals surface area contributed by atoms with Crippen LogP contribution in [-0.4, -0.2) is 21.6 Å². The van der Waals surface area contributed by atoms with E-state index in [2.05, 4.69) is 15.3 Å². The lowest BCUT2D eigenvalue weighted by Crippen LogP contribution is -2.19. The number of H-pyrrole nitrogens is 1. The van der Waals surface area contributed by atoms with Crippen LogP contribution in [0.4, 0.5) is 5.69 Å². The van der Waals surface area contributed by atoms with Gasteiger partial charge in [0.15, 0.2) is 0 Å². The molecule has 0 atom stereocenters. The molecule has 0 radical (unpaired) electrons. The predicted molar refractivity (Wildman–Crippen MR) is 103 cm³/mol. The second kappa shape index (κ2) is 6.65. The number of benzene rings is 1. The molecule has 2 N–H and O–H groups in total. The zero-order valence-corrected chi connectivity index (χ0v) is 15.4. The van der Waals surface area contributed by atoms with Gasteiger partial charge in [-0.15, -0.1) is 23.1 Å². The fraction of sp³-hybridized carbons (Fsp3) is 0.278. The highest BCUT2D eigenvalue weighted by Crippen LogP contribution is 2.39. The van der Waals surface area contributed by atoms with Crippen LogP contribution in [0.2, 0.25) is 0 Å². The Morgan fingerprint density at radius 2 is 2.12 bits per heavy atom. The zero-order valence-electron chi connectivity index (χ0n) is 13.7. The Morgan fingerprint density at radius 1 is 1.32 bits per heavy atom. The Labute approximate surface area is 152 Å². The molecular weight excluding hydrogens is 354 g/mol. The van der Waals surface area contributed by atoms with E-state index in [4.69, 9.17) is 0 Å². The maximum Gasteiger partial charge on any atom is 0.259 e. The summed E-state index contributed by atoms with van der Waals surface area (Å²) in [6, 6.07) is 7.60. The standard InChI is InChI=1S/C18H17N3O2S2/c1-10-4-6-11(7-5-10)19-14(22)9-13-20-16(23)15-12-3-2-8-24-18(12)25-17(15)21-13/h4-7H,2-3,8-9H2,1H3,(H,19,22)(H,20,21,23). The fourth-order valence-corrected chi connectivity index (χ4v) is 5.48. The Kier molecular flexibility index (Phi) is 4.35. The Hall–Kier alpha value is -2.12. The van der Waals surface area contributed by atoms with Gasteiger partial charge < -0.3 is 10.3 Å². The maximum atomic E-state index is 12.5. The summed E-state index contributed by atoms with van der Waals surface area (Å²) in [6.45, 7) is 1.99. The molecule has 0 fully saturated rings. The maximum absolute atomic E-state index is 12.5. The third-order valence-corrected chi connectivity index (χ3v) is 6.67. The van der Waals surface area contributed by atoms with Gasteiger partial charge in [-0.05, 0) is 43.2 Å².